The fourth-order valence-electron chi connectivity index (χ4n) is 1.15. The number of nitrogens with one attached hydrogen (secondary N) is 1. The van der Waals surface area contributed by atoms with Crippen LogP contribution in [0.5, 0.6) is 11.5 Å². The third-order valence-electron chi connectivity index (χ3n) is 1.86. The van der Waals surface area contributed by atoms with Crippen LogP contribution in [0.1, 0.15) is 5.56 Å². The molecule has 4 heteroatoms. The molecule has 1 N–H and O–H groups in total. The van der Waals surface area contributed by atoms with Crippen molar-refractivity contribution in [3.8, 4) is 11.5 Å². The first-order valence-corrected chi connectivity index (χ1v) is 4.40. The summed E-state index contributed by atoms with van der Waals surface area (Å²) in [7, 11) is 3.19. The number of hydrogen-bond donors (Lipinski definition) is 1. The molecule has 15 heavy (non-hydrogen) atoms. The molecule has 0 unspecified atom stereocenters. The van der Waals surface area contributed by atoms with Gasteiger partial charge in [-0.15, -0.1) is 0 Å². The van der Waals surface area contributed by atoms with E-state index in [0.717, 1.165) is 17.1 Å². The molecule has 0 saturated carbocycles. The highest BCUT2D eigenvalue weighted by molar-refractivity contribution is 5.61. The molecule has 0 atom stereocenters. The van der Waals surface area contributed by atoms with Crippen molar-refractivity contribution in [2.45, 2.75) is 0 Å². The van der Waals surface area contributed by atoms with Gasteiger partial charge in [0.2, 0.25) is 6.41 Å². The summed E-state index contributed by atoms with van der Waals surface area (Å²) in [5.41, 5.74) is 0.839. The Kier molecular flexibility index (Phi) is 4.22. The predicted molar refractivity (Wildman–Crippen MR) is 57.8 cm³/mol. The van der Waals surface area contributed by atoms with E-state index in [4.69, 9.17) is 9.47 Å². The van der Waals surface area contributed by atoms with Gasteiger partial charge in [-0.3, -0.25) is 4.79 Å². The molecule has 0 bridgehead atoms. The van der Waals surface area contributed by atoms with Gasteiger partial charge < -0.3 is 14.8 Å². The molecule has 0 saturated heterocycles. The lowest BCUT2D eigenvalue weighted by molar-refractivity contribution is -0.108. The van der Waals surface area contributed by atoms with Crippen LogP contribution >= 0.6 is 0 Å². The molecule has 1 aromatic carbocycles. The first-order chi connectivity index (χ1) is 7.31. The van der Waals surface area contributed by atoms with Crippen molar-refractivity contribution in [3.05, 3.63) is 30.0 Å². The Balaban J connectivity index is 2.95. The first kappa shape index (κ1) is 11.1. The highest BCUT2D eigenvalue weighted by Crippen LogP contribution is 2.24. The van der Waals surface area contributed by atoms with Crippen LogP contribution in [-0.2, 0) is 4.79 Å². The van der Waals surface area contributed by atoms with E-state index >= 15 is 0 Å². The molecule has 80 valence electrons. The summed E-state index contributed by atoms with van der Waals surface area (Å²) in [6, 6.07) is 5.44. The molecule has 0 fully saturated rings. The number of methoxy groups -OCH3 is 2. The molecule has 0 spiro atoms. The number of rotatable bonds is 5. The van der Waals surface area contributed by atoms with E-state index in [1.807, 2.05) is 12.1 Å². The van der Waals surface area contributed by atoms with Gasteiger partial charge in [-0.2, -0.15) is 0 Å². The molecule has 0 aliphatic rings. The second-order valence-electron chi connectivity index (χ2n) is 2.73. The Morgan fingerprint density at radius 1 is 1.27 bits per heavy atom. The SMILES string of the molecule is COc1ccc(OC)c(/C=C/NC=O)c1. The number of ether oxygens (including phenoxy) is 2. The molecular weight excluding hydrogens is 194 g/mol. The van der Waals surface area contributed by atoms with Gasteiger partial charge in [0.05, 0.1) is 14.2 Å². The summed E-state index contributed by atoms with van der Waals surface area (Å²) in [5, 5.41) is 2.43. The van der Waals surface area contributed by atoms with Gasteiger partial charge >= 0.3 is 0 Å². The summed E-state index contributed by atoms with van der Waals surface area (Å²) in [6.07, 6.45) is 3.86. The van der Waals surface area contributed by atoms with Gasteiger partial charge in [0.25, 0.3) is 0 Å². The van der Waals surface area contributed by atoms with Gasteiger partial charge in [0.15, 0.2) is 0 Å². The number of hydrogen-bond acceptors (Lipinski definition) is 3. The summed E-state index contributed by atoms with van der Waals surface area (Å²) in [4.78, 5) is 10.1. The minimum Gasteiger partial charge on any atom is -0.497 e. The molecule has 0 heterocycles. The van der Waals surface area contributed by atoms with Crippen LogP contribution in [0.3, 0.4) is 0 Å². The average Bonchev–Trinajstić information content (AvgIpc) is 2.29. The van der Waals surface area contributed by atoms with E-state index in [1.54, 1.807) is 26.4 Å². The summed E-state index contributed by atoms with van der Waals surface area (Å²) in [6.45, 7) is 0. The molecule has 0 aliphatic carbocycles. The summed E-state index contributed by atoms with van der Waals surface area (Å²) < 4.78 is 10.2. The second kappa shape index (κ2) is 5.70. The van der Waals surface area contributed by atoms with Crippen LogP contribution in [0.4, 0.5) is 0 Å². The number of carbonyl (C=O) groups excluding carboxylic acids is 1. The molecule has 1 aromatic rings. The van der Waals surface area contributed by atoms with E-state index in [0.29, 0.717) is 6.41 Å². The van der Waals surface area contributed by atoms with Gasteiger partial charge in [-0.1, -0.05) is 0 Å². The third kappa shape index (κ3) is 3.02. The summed E-state index contributed by atoms with van der Waals surface area (Å²) in [5.74, 6) is 1.46. The lowest BCUT2D eigenvalue weighted by Crippen LogP contribution is -1.98. The number of amides is 1. The zero-order valence-electron chi connectivity index (χ0n) is 8.69. The molecule has 4 nitrogen and oxygen atoms in total. The van der Waals surface area contributed by atoms with Crippen molar-refractivity contribution >= 4 is 12.5 Å². The normalized spacial score (nSPS) is 10.0. The second-order valence-corrected chi connectivity index (χ2v) is 2.73. The maximum absolute atomic E-state index is 10.1. The number of benzene rings is 1. The smallest absolute Gasteiger partial charge is 0.211 e. The fourth-order valence-corrected chi connectivity index (χ4v) is 1.15. The third-order valence-corrected chi connectivity index (χ3v) is 1.86. The molecule has 1 rings (SSSR count). The number of carbonyl (C=O) groups is 1. The Hall–Kier alpha value is -1.97. The Morgan fingerprint density at radius 3 is 2.67 bits per heavy atom. The van der Waals surface area contributed by atoms with Crippen molar-refractivity contribution in [2.75, 3.05) is 14.2 Å². The molecule has 0 aromatic heterocycles. The lowest BCUT2D eigenvalue weighted by atomic mass is 10.2. The highest BCUT2D eigenvalue weighted by atomic mass is 16.5. The maximum Gasteiger partial charge on any atom is 0.211 e. The highest BCUT2D eigenvalue weighted by Gasteiger charge is 2.00. The predicted octanol–water partition coefficient (Wildman–Crippen LogP) is 1.42. The van der Waals surface area contributed by atoms with E-state index < -0.39 is 0 Å². The van der Waals surface area contributed by atoms with Crippen molar-refractivity contribution < 1.29 is 14.3 Å². The summed E-state index contributed by atoms with van der Waals surface area (Å²) >= 11 is 0. The van der Waals surface area contributed by atoms with Gasteiger partial charge in [-0.05, 0) is 24.3 Å². The maximum atomic E-state index is 10.1. The minimum atomic E-state index is 0.600. The standard InChI is InChI=1S/C11H13NO3/c1-14-10-3-4-11(15-2)9(7-10)5-6-12-8-13/h3-8H,1-2H3,(H,12,13)/b6-5+. The lowest BCUT2D eigenvalue weighted by Gasteiger charge is -2.06. The first-order valence-electron chi connectivity index (χ1n) is 4.40. The molecular formula is C11H13NO3. The monoisotopic (exact) mass is 207 g/mol. The van der Waals surface area contributed by atoms with Gasteiger partial charge in [0.1, 0.15) is 11.5 Å². The Morgan fingerprint density at radius 2 is 2.07 bits per heavy atom. The van der Waals surface area contributed by atoms with Crippen molar-refractivity contribution in [2.24, 2.45) is 0 Å². The molecule has 0 radical (unpaired) electrons. The molecule has 1 amide bonds. The van der Waals surface area contributed by atoms with E-state index in [1.165, 1.54) is 6.20 Å². The van der Waals surface area contributed by atoms with Crippen LogP contribution in [-0.4, -0.2) is 20.6 Å². The topological polar surface area (TPSA) is 47.6 Å². The van der Waals surface area contributed by atoms with E-state index in [-0.39, 0.29) is 0 Å². The van der Waals surface area contributed by atoms with Crippen molar-refractivity contribution in [1.82, 2.24) is 5.32 Å². The van der Waals surface area contributed by atoms with Crippen molar-refractivity contribution in [3.63, 3.8) is 0 Å². The van der Waals surface area contributed by atoms with Crippen LogP contribution < -0.4 is 14.8 Å². The van der Waals surface area contributed by atoms with Gasteiger partial charge in [-0.25, -0.2) is 0 Å². The van der Waals surface area contributed by atoms with E-state index in [9.17, 15) is 4.79 Å². The fraction of sp³-hybridized carbons (Fsp3) is 0.182. The van der Waals surface area contributed by atoms with Crippen LogP contribution in [0, 0.1) is 0 Å². The Bertz CT molecular complexity index is 361. The Labute approximate surface area is 88.5 Å². The zero-order chi connectivity index (χ0) is 11.1. The quantitative estimate of drug-likeness (QED) is 0.743. The van der Waals surface area contributed by atoms with Crippen LogP contribution in [0.25, 0.3) is 6.08 Å². The van der Waals surface area contributed by atoms with Crippen LogP contribution in [0.15, 0.2) is 24.4 Å². The van der Waals surface area contributed by atoms with Crippen molar-refractivity contribution in [1.29, 1.82) is 0 Å². The average molecular weight is 207 g/mol. The largest absolute Gasteiger partial charge is 0.497 e. The minimum absolute atomic E-state index is 0.600. The zero-order valence-corrected chi connectivity index (χ0v) is 8.69. The van der Waals surface area contributed by atoms with Crippen LogP contribution in [0.2, 0.25) is 0 Å². The van der Waals surface area contributed by atoms with E-state index in [2.05, 4.69) is 5.32 Å². The molecule has 0 aliphatic heterocycles. The van der Waals surface area contributed by atoms with Gasteiger partial charge in [0, 0.05) is 11.8 Å².